The molecule has 0 saturated carbocycles. The van der Waals surface area contributed by atoms with E-state index in [9.17, 15) is 4.39 Å². The number of nitrogens with zero attached hydrogens (tertiary/aromatic N) is 5. The Morgan fingerprint density at radius 1 is 1.14 bits per heavy atom. The number of piperidine rings is 1. The summed E-state index contributed by atoms with van der Waals surface area (Å²) in [5.41, 5.74) is 6.85. The summed E-state index contributed by atoms with van der Waals surface area (Å²) >= 11 is 7.85. The van der Waals surface area contributed by atoms with E-state index in [-0.39, 0.29) is 61.2 Å². The number of halogens is 3. The van der Waals surface area contributed by atoms with E-state index in [0.29, 0.717) is 16.8 Å². The topological polar surface area (TPSA) is 92.4 Å². The van der Waals surface area contributed by atoms with Crippen LogP contribution in [0.4, 0.5) is 19.7 Å². The van der Waals surface area contributed by atoms with Crippen LogP contribution in [0.2, 0.25) is 5.02 Å². The van der Waals surface area contributed by atoms with E-state index >= 15 is 4.39 Å². The summed E-state index contributed by atoms with van der Waals surface area (Å²) in [6.45, 7) is 9.93. The maximum atomic E-state index is 16.8. The van der Waals surface area contributed by atoms with Crippen molar-refractivity contribution in [3.63, 3.8) is 0 Å². The lowest BCUT2D eigenvalue weighted by Crippen LogP contribution is -2.52. The molecule has 228 valence electrons. The normalized spacial score (nSPS) is 22.9. The summed E-state index contributed by atoms with van der Waals surface area (Å²) in [6, 6.07) is 5.10. The molecular weight excluding hydrogens is 592 g/mol. The molecular formula is C31H36ClF2N7OS. The summed E-state index contributed by atoms with van der Waals surface area (Å²) in [4.78, 5) is 18.6. The van der Waals surface area contributed by atoms with Crippen molar-refractivity contribution in [1.82, 2.24) is 25.2 Å². The Labute approximate surface area is 258 Å². The zero-order valence-corrected chi connectivity index (χ0v) is 26.2. The van der Waals surface area contributed by atoms with Crippen LogP contribution in [0.25, 0.3) is 32.2 Å². The third-order valence-electron chi connectivity index (χ3n) is 9.35. The molecule has 3 saturated heterocycles. The van der Waals surface area contributed by atoms with E-state index in [2.05, 4.69) is 38.9 Å². The fourth-order valence-corrected chi connectivity index (χ4v) is 8.22. The predicted molar refractivity (Wildman–Crippen MR) is 169 cm³/mol. The van der Waals surface area contributed by atoms with Crippen LogP contribution in [0.3, 0.4) is 0 Å². The van der Waals surface area contributed by atoms with Crippen LogP contribution in [0, 0.1) is 11.6 Å². The molecule has 12 heteroatoms. The lowest BCUT2D eigenvalue weighted by atomic mass is 9.90. The summed E-state index contributed by atoms with van der Waals surface area (Å²) in [5.74, 6) is -0.456. The van der Waals surface area contributed by atoms with Gasteiger partial charge in [-0.25, -0.2) is 13.8 Å². The molecule has 2 aromatic carbocycles. The van der Waals surface area contributed by atoms with Crippen LogP contribution >= 0.6 is 22.9 Å². The van der Waals surface area contributed by atoms with E-state index < -0.39 is 11.6 Å². The van der Waals surface area contributed by atoms with E-state index in [1.807, 2.05) is 6.92 Å². The van der Waals surface area contributed by atoms with Crippen molar-refractivity contribution >= 4 is 55.0 Å². The Bertz CT molecular complexity index is 1700. The Hall–Kier alpha value is -2.86. The number of likely N-dealkylation sites (tertiary alicyclic amines) is 1. The highest BCUT2D eigenvalue weighted by molar-refractivity contribution is 7.22. The molecule has 3 N–H and O–H groups in total. The van der Waals surface area contributed by atoms with Crippen molar-refractivity contribution in [2.24, 2.45) is 0 Å². The number of benzene rings is 2. The number of rotatable bonds is 6. The lowest BCUT2D eigenvalue weighted by Gasteiger charge is -2.43. The van der Waals surface area contributed by atoms with Gasteiger partial charge in [0.15, 0.2) is 10.9 Å². The predicted octanol–water partition coefficient (Wildman–Crippen LogP) is 6.39. The number of nitrogen functional groups attached to an aromatic ring is 1. The minimum absolute atomic E-state index is 0.0859. The standard InChI is InChI=1S/C31H36ClF2N7OS/c1-16(15-40-11-5-4-10-31(40,2)3)42-30-38-25-20(28(39-30)41-17-6-7-18(41)14-36-13-17)12-21(32)23(24(25)34)19-8-9-22(33)27-26(19)37-29(35)43-27/h8-9,12,16-18,36H,4-7,10-11,13-15H2,1-3H3,(H2,35,37)/t16-,17?,18?/m0/s1. The largest absolute Gasteiger partial charge is 0.459 e. The average Bonchev–Trinajstić information content (AvgIpc) is 3.47. The van der Waals surface area contributed by atoms with Gasteiger partial charge in [-0.15, -0.1) is 0 Å². The highest BCUT2D eigenvalue weighted by atomic mass is 35.5. The molecule has 2 aromatic heterocycles. The fourth-order valence-electron chi connectivity index (χ4n) is 7.16. The molecule has 3 aliphatic heterocycles. The highest BCUT2D eigenvalue weighted by Gasteiger charge is 2.39. The maximum Gasteiger partial charge on any atom is 0.319 e. The highest BCUT2D eigenvalue weighted by Crippen LogP contribution is 2.44. The number of anilines is 2. The first kappa shape index (κ1) is 28.9. The molecule has 8 nitrogen and oxygen atoms in total. The van der Waals surface area contributed by atoms with E-state index in [4.69, 9.17) is 27.1 Å². The first-order chi connectivity index (χ1) is 20.6. The maximum absolute atomic E-state index is 16.8. The summed E-state index contributed by atoms with van der Waals surface area (Å²) < 4.78 is 38.0. The number of aromatic nitrogens is 3. The van der Waals surface area contributed by atoms with Crippen molar-refractivity contribution in [3.05, 3.63) is 34.9 Å². The van der Waals surface area contributed by atoms with Crippen LogP contribution in [-0.2, 0) is 0 Å². The van der Waals surface area contributed by atoms with Crippen LogP contribution in [-0.4, -0.2) is 69.8 Å². The molecule has 43 heavy (non-hydrogen) atoms. The summed E-state index contributed by atoms with van der Waals surface area (Å²) in [7, 11) is 0. The molecule has 0 radical (unpaired) electrons. The number of hydrogen-bond donors (Lipinski definition) is 2. The van der Waals surface area contributed by atoms with Crippen LogP contribution in [0.5, 0.6) is 6.01 Å². The second-order valence-corrected chi connectivity index (χ2v) is 14.1. The number of ether oxygens (including phenoxy) is 1. The Kier molecular flexibility index (Phi) is 7.35. The number of fused-ring (bicyclic) bond motifs is 4. The molecule has 7 rings (SSSR count). The van der Waals surface area contributed by atoms with Crippen molar-refractivity contribution in [2.45, 2.75) is 76.6 Å². The van der Waals surface area contributed by atoms with Crippen LogP contribution < -0.4 is 20.7 Å². The second-order valence-electron chi connectivity index (χ2n) is 12.7. The van der Waals surface area contributed by atoms with Gasteiger partial charge in [-0.3, -0.25) is 4.90 Å². The van der Waals surface area contributed by atoms with Gasteiger partial charge in [0, 0.05) is 53.8 Å². The van der Waals surface area contributed by atoms with Gasteiger partial charge >= 0.3 is 6.01 Å². The van der Waals surface area contributed by atoms with Crippen molar-refractivity contribution in [3.8, 4) is 17.1 Å². The fraction of sp³-hybridized carbons (Fsp3) is 0.516. The third-order valence-corrected chi connectivity index (χ3v) is 10.5. The van der Waals surface area contributed by atoms with Gasteiger partial charge < -0.3 is 20.7 Å². The number of piperazine rings is 1. The van der Waals surface area contributed by atoms with E-state index in [0.717, 1.165) is 63.2 Å². The molecule has 2 unspecified atom stereocenters. The zero-order chi connectivity index (χ0) is 30.0. The van der Waals surface area contributed by atoms with Gasteiger partial charge in [0.1, 0.15) is 23.3 Å². The smallest absolute Gasteiger partial charge is 0.319 e. The summed E-state index contributed by atoms with van der Waals surface area (Å²) in [6.07, 6.45) is 5.35. The number of nitrogens with two attached hydrogens (primary N) is 1. The van der Waals surface area contributed by atoms with Gasteiger partial charge in [-0.1, -0.05) is 29.4 Å². The van der Waals surface area contributed by atoms with E-state index in [1.165, 1.54) is 18.6 Å². The van der Waals surface area contributed by atoms with E-state index in [1.54, 1.807) is 6.07 Å². The monoisotopic (exact) mass is 627 g/mol. The molecule has 4 aromatic rings. The minimum atomic E-state index is -0.622. The van der Waals surface area contributed by atoms with Gasteiger partial charge in [0.2, 0.25) is 0 Å². The van der Waals surface area contributed by atoms with Crippen molar-refractivity contribution < 1.29 is 13.5 Å². The van der Waals surface area contributed by atoms with Crippen LogP contribution in [0.1, 0.15) is 52.9 Å². The third kappa shape index (κ3) is 5.08. The Balaban J connectivity index is 1.35. The van der Waals surface area contributed by atoms with Crippen molar-refractivity contribution in [2.75, 3.05) is 36.8 Å². The quantitative estimate of drug-likeness (QED) is 0.254. The minimum Gasteiger partial charge on any atom is -0.459 e. The van der Waals surface area contributed by atoms with Gasteiger partial charge in [0.05, 0.1) is 15.2 Å². The molecule has 0 amide bonds. The second kappa shape index (κ2) is 10.9. The molecule has 3 fully saturated rings. The number of nitrogens with one attached hydrogen (secondary N) is 1. The SMILES string of the molecule is C[C@@H](CN1CCCCC1(C)C)Oc1nc(N2C3CCC2CNC3)c2cc(Cl)c(-c3ccc(F)c4sc(N)nc34)c(F)c2n1. The van der Waals surface area contributed by atoms with Gasteiger partial charge in [0.25, 0.3) is 0 Å². The lowest BCUT2D eigenvalue weighted by molar-refractivity contribution is 0.0370. The Morgan fingerprint density at radius 3 is 2.65 bits per heavy atom. The molecule has 3 atom stereocenters. The first-order valence-electron chi connectivity index (χ1n) is 15.1. The molecule has 3 aliphatic rings. The average molecular weight is 628 g/mol. The van der Waals surface area contributed by atoms with Crippen molar-refractivity contribution in [1.29, 1.82) is 0 Å². The number of thiazole rings is 1. The molecule has 5 heterocycles. The van der Waals surface area contributed by atoms with Gasteiger partial charge in [-0.05, 0) is 71.2 Å². The van der Waals surface area contributed by atoms with Gasteiger partial charge in [-0.2, -0.15) is 9.97 Å². The zero-order valence-electron chi connectivity index (χ0n) is 24.6. The summed E-state index contributed by atoms with van der Waals surface area (Å²) in [5, 5.41) is 4.39. The number of hydrogen-bond acceptors (Lipinski definition) is 9. The van der Waals surface area contributed by atoms with Crippen LogP contribution in [0.15, 0.2) is 18.2 Å². The molecule has 0 spiro atoms. The first-order valence-corrected chi connectivity index (χ1v) is 16.3. The Morgan fingerprint density at radius 2 is 1.91 bits per heavy atom. The molecule has 0 aliphatic carbocycles. The molecule has 2 bridgehead atoms.